The molecule has 3 heterocycles. The number of hydrogen-bond acceptors (Lipinski definition) is 5. The smallest absolute Gasteiger partial charge is 0.253 e. The van der Waals surface area contributed by atoms with Gasteiger partial charge in [0.05, 0.1) is 17.9 Å². The summed E-state index contributed by atoms with van der Waals surface area (Å²) in [7, 11) is 1.69. The van der Waals surface area contributed by atoms with Crippen LogP contribution in [0.5, 0.6) is 0 Å². The van der Waals surface area contributed by atoms with Crippen LogP contribution in [0.2, 0.25) is 5.02 Å². The molecule has 6 atom stereocenters. The lowest BCUT2D eigenvalue weighted by Crippen LogP contribution is -2.57. The van der Waals surface area contributed by atoms with Gasteiger partial charge >= 0.3 is 0 Å². The van der Waals surface area contributed by atoms with Gasteiger partial charge in [-0.25, -0.2) is 0 Å². The lowest BCUT2D eigenvalue weighted by atomic mass is 9.70. The van der Waals surface area contributed by atoms with Gasteiger partial charge in [0.1, 0.15) is 11.6 Å². The lowest BCUT2D eigenvalue weighted by Gasteiger charge is -2.37. The predicted octanol–water partition coefficient (Wildman–Crippen LogP) is 3.41. The second-order valence-corrected chi connectivity index (χ2v) is 11.8. The first kappa shape index (κ1) is 28.8. The number of aliphatic hydroxyl groups excluding tert-OH is 1. The molecule has 3 saturated heterocycles. The molecule has 0 aromatic heterocycles. The van der Waals surface area contributed by atoms with Crippen LogP contribution in [0, 0.1) is 11.8 Å². The van der Waals surface area contributed by atoms with Crippen molar-refractivity contribution in [1.29, 1.82) is 0 Å². The van der Waals surface area contributed by atoms with E-state index in [1.54, 1.807) is 58.2 Å². The first-order valence-electron chi connectivity index (χ1n) is 13.0. The summed E-state index contributed by atoms with van der Waals surface area (Å²) in [5, 5.41) is 9.78. The van der Waals surface area contributed by atoms with E-state index in [-0.39, 0.29) is 35.7 Å². The summed E-state index contributed by atoms with van der Waals surface area (Å²) in [4.78, 5) is 46.7. The molecular formula is C28H35BrClN3O5. The van der Waals surface area contributed by atoms with Gasteiger partial charge in [-0.3, -0.25) is 14.4 Å². The number of anilines is 1. The number of hydrogen-bond donors (Lipinski definition) is 1. The van der Waals surface area contributed by atoms with E-state index in [4.69, 9.17) is 16.3 Å². The van der Waals surface area contributed by atoms with E-state index in [1.807, 2.05) is 0 Å². The van der Waals surface area contributed by atoms with Gasteiger partial charge in [-0.2, -0.15) is 0 Å². The molecular weight excluding hydrogens is 574 g/mol. The third kappa shape index (κ3) is 4.94. The van der Waals surface area contributed by atoms with Gasteiger partial charge in [0, 0.05) is 48.8 Å². The van der Waals surface area contributed by atoms with Gasteiger partial charge in [0.25, 0.3) is 5.91 Å². The number of ether oxygens (including phenoxy) is 1. The Morgan fingerprint density at radius 2 is 1.87 bits per heavy atom. The molecule has 3 aliphatic rings. The van der Waals surface area contributed by atoms with Crippen molar-refractivity contribution in [2.75, 3.05) is 38.2 Å². The molecule has 1 aromatic rings. The second-order valence-electron chi connectivity index (χ2n) is 10.2. The molecule has 3 unspecified atom stereocenters. The van der Waals surface area contributed by atoms with E-state index in [0.717, 1.165) is 0 Å². The van der Waals surface area contributed by atoms with Crippen LogP contribution in [-0.4, -0.2) is 88.5 Å². The van der Waals surface area contributed by atoms with Crippen LogP contribution in [-0.2, 0) is 19.1 Å². The molecule has 10 heteroatoms. The van der Waals surface area contributed by atoms with E-state index >= 15 is 0 Å². The average Bonchev–Trinajstić information content (AvgIpc) is 3.48. The molecule has 1 N–H and O–H groups in total. The van der Waals surface area contributed by atoms with E-state index in [2.05, 4.69) is 29.1 Å². The molecule has 0 radical (unpaired) electrons. The molecule has 1 spiro atoms. The first-order valence-corrected chi connectivity index (χ1v) is 14.3. The molecule has 2 bridgehead atoms. The molecule has 1 aromatic carbocycles. The summed E-state index contributed by atoms with van der Waals surface area (Å²) >= 11 is 9.80. The Morgan fingerprint density at radius 1 is 1.18 bits per heavy atom. The first-order chi connectivity index (χ1) is 18.2. The Morgan fingerprint density at radius 3 is 2.50 bits per heavy atom. The standard InChI is InChI=1S/C28H35BrClN3O5/c1-4-13-31(3)25(35)21-22-26(36)33(15-7-6-8-16-34)24(28(22)17-20(29)23(21)38-28)27(37)32(14-5-2)19-11-9-18(30)10-12-19/h4-5,9-12,20-24,34H,1-2,6-8,13-17H2,3H3/t20?,21-,22+,23-,24?,28?/m1/s1. The van der Waals surface area contributed by atoms with Gasteiger partial charge in [0.15, 0.2) is 0 Å². The summed E-state index contributed by atoms with van der Waals surface area (Å²) in [6.45, 7) is 8.53. The Hall–Kier alpha value is -2.20. The van der Waals surface area contributed by atoms with E-state index < -0.39 is 29.6 Å². The van der Waals surface area contributed by atoms with Gasteiger partial charge in [-0.15, -0.1) is 13.2 Å². The number of halogens is 2. The number of likely N-dealkylation sites (N-methyl/N-ethyl adjacent to an activating group) is 1. The predicted molar refractivity (Wildman–Crippen MR) is 150 cm³/mol. The maximum absolute atomic E-state index is 14.4. The topological polar surface area (TPSA) is 90.4 Å². The van der Waals surface area contributed by atoms with Crippen molar-refractivity contribution < 1.29 is 24.2 Å². The quantitative estimate of drug-likeness (QED) is 0.223. The fourth-order valence-corrected chi connectivity index (χ4v) is 7.33. The van der Waals surface area contributed by atoms with E-state index in [1.165, 1.54) is 0 Å². The monoisotopic (exact) mass is 607 g/mol. The third-order valence-electron chi connectivity index (χ3n) is 7.86. The number of rotatable bonds is 12. The fourth-order valence-electron chi connectivity index (χ4n) is 6.26. The maximum atomic E-state index is 14.4. The number of aliphatic hydroxyl groups is 1. The minimum Gasteiger partial charge on any atom is -0.396 e. The van der Waals surface area contributed by atoms with Gasteiger partial charge < -0.3 is 24.5 Å². The van der Waals surface area contributed by atoms with Crippen LogP contribution in [0.3, 0.4) is 0 Å². The van der Waals surface area contributed by atoms with Crippen molar-refractivity contribution in [3.05, 3.63) is 54.6 Å². The largest absolute Gasteiger partial charge is 0.396 e. The zero-order chi connectivity index (χ0) is 27.6. The van der Waals surface area contributed by atoms with Crippen molar-refractivity contribution in [3.8, 4) is 0 Å². The Balaban J connectivity index is 1.76. The number of carbonyl (C=O) groups excluding carboxylic acids is 3. The number of nitrogens with zero attached hydrogens (tertiary/aromatic N) is 3. The van der Waals surface area contributed by atoms with Crippen LogP contribution >= 0.6 is 27.5 Å². The summed E-state index contributed by atoms with van der Waals surface area (Å²) in [5.74, 6) is -2.16. The van der Waals surface area contributed by atoms with Crippen molar-refractivity contribution in [2.45, 2.75) is 48.3 Å². The summed E-state index contributed by atoms with van der Waals surface area (Å²) in [6.07, 6.45) is 5.15. The molecule has 4 rings (SSSR count). The normalized spacial score (nSPS) is 29.3. The number of benzene rings is 1. The number of likely N-dealkylation sites (tertiary alicyclic amines) is 1. The Kier molecular flexibility index (Phi) is 9.02. The van der Waals surface area contributed by atoms with Crippen molar-refractivity contribution in [3.63, 3.8) is 0 Å². The maximum Gasteiger partial charge on any atom is 0.253 e. The molecule has 8 nitrogen and oxygen atoms in total. The SMILES string of the molecule is C=CCN(C)C(=O)[C@H]1[C@@H]2OC3(CC2Br)C(C(=O)N(CC=C)c2ccc(Cl)cc2)N(CCCCCO)C(=O)[C@H]13. The molecule has 3 fully saturated rings. The van der Waals surface area contributed by atoms with E-state index in [0.29, 0.717) is 49.5 Å². The molecule has 206 valence electrons. The molecule has 0 aliphatic carbocycles. The highest BCUT2D eigenvalue weighted by Crippen LogP contribution is 2.60. The summed E-state index contributed by atoms with van der Waals surface area (Å²) < 4.78 is 6.59. The fraction of sp³-hybridized carbons (Fsp3) is 0.536. The highest BCUT2D eigenvalue weighted by Gasteiger charge is 2.76. The average molecular weight is 609 g/mol. The minimum absolute atomic E-state index is 0.0643. The second kappa shape index (κ2) is 11.9. The number of fused-ring (bicyclic) bond motifs is 1. The van der Waals surface area contributed by atoms with Crippen molar-refractivity contribution in [1.82, 2.24) is 9.80 Å². The van der Waals surface area contributed by atoms with Crippen LogP contribution in [0.15, 0.2) is 49.6 Å². The molecule has 3 amide bonds. The highest BCUT2D eigenvalue weighted by molar-refractivity contribution is 9.09. The van der Waals surface area contributed by atoms with Crippen molar-refractivity contribution in [2.24, 2.45) is 11.8 Å². The Labute approximate surface area is 237 Å². The molecule has 38 heavy (non-hydrogen) atoms. The number of amides is 3. The molecule has 0 saturated carbocycles. The third-order valence-corrected chi connectivity index (χ3v) is 8.96. The summed E-state index contributed by atoms with van der Waals surface area (Å²) in [6, 6.07) is 6.04. The van der Waals surface area contributed by atoms with Crippen LogP contribution < -0.4 is 4.90 Å². The van der Waals surface area contributed by atoms with Gasteiger partial charge in [-0.1, -0.05) is 39.7 Å². The highest BCUT2D eigenvalue weighted by atomic mass is 79.9. The van der Waals surface area contributed by atoms with E-state index in [9.17, 15) is 19.5 Å². The lowest BCUT2D eigenvalue weighted by molar-refractivity contribution is -0.144. The molecule has 3 aliphatic heterocycles. The van der Waals surface area contributed by atoms with Crippen molar-refractivity contribution >= 4 is 50.9 Å². The van der Waals surface area contributed by atoms with Crippen LogP contribution in [0.25, 0.3) is 0 Å². The summed E-state index contributed by atoms with van der Waals surface area (Å²) in [5.41, 5.74) is -0.501. The number of carbonyl (C=O) groups is 3. The van der Waals surface area contributed by atoms with Crippen LogP contribution in [0.1, 0.15) is 25.7 Å². The van der Waals surface area contributed by atoms with Gasteiger partial charge in [-0.05, 0) is 49.9 Å². The number of alkyl halides is 1. The zero-order valence-corrected chi connectivity index (χ0v) is 23.9. The minimum atomic E-state index is -1.13. The Bertz CT molecular complexity index is 1080. The van der Waals surface area contributed by atoms with Crippen LogP contribution in [0.4, 0.5) is 5.69 Å². The van der Waals surface area contributed by atoms with Gasteiger partial charge in [0.2, 0.25) is 11.8 Å². The number of unbranched alkanes of at least 4 members (excludes halogenated alkanes) is 2. The zero-order valence-electron chi connectivity index (χ0n) is 21.6.